The third kappa shape index (κ3) is 6.44. The number of hydrogen-bond acceptors (Lipinski definition) is 4. The Morgan fingerprint density at radius 1 is 1.08 bits per heavy atom. The third-order valence-corrected chi connectivity index (χ3v) is 4.80. The van der Waals surface area contributed by atoms with Gasteiger partial charge in [0, 0.05) is 29.8 Å². The van der Waals surface area contributed by atoms with Crippen LogP contribution < -0.4 is 10.1 Å². The molecular weight excluding hydrogens is 348 g/mol. The molecule has 2 aromatic rings. The van der Waals surface area contributed by atoms with Crippen molar-refractivity contribution in [1.29, 1.82) is 0 Å². The van der Waals surface area contributed by atoms with Crippen molar-refractivity contribution >= 4 is 29.3 Å². The first-order valence-corrected chi connectivity index (χ1v) is 9.34. The van der Waals surface area contributed by atoms with Crippen molar-refractivity contribution in [3.8, 4) is 5.75 Å². The van der Waals surface area contributed by atoms with Gasteiger partial charge in [0.15, 0.2) is 0 Å². The molecule has 0 aliphatic carbocycles. The van der Waals surface area contributed by atoms with Crippen molar-refractivity contribution in [1.82, 2.24) is 4.90 Å². The van der Waals surface area contributed by atoms with Gasteiger partial charge in [-0.2, -0.15) is 0 Å². The van der Waals surface area contributed by atoms with E-state index in [0.29, 0.717) is 12.2 Å². The maximum Gasteiger partial charge on any atom is 0.243 e. The van der Waals surface area contributed by atoms with E-state index in [1.807, 2.05) is 55.5 Å². The number of methoxy groups -OCH3 is 1. The minimum Gasteiger partial charge on any atom is -0.497 e. The summed E-state index contributed by atoms with van der Waals surface area (Å²) < 4.78 is 5.12. The van der Waals surface area contributed by atoms with Crippen molar-refractivity contribution in [2.24, 2.45) is 0 Å². The molecule has 0 fully saturated rings. The van der Waals surface area contributed by atoms with Gasteiger partial charge in [-0.15, -0.1) is 11.8 Å². The fourth-order valence-corrected chi connectivity index (χ4v) is 3.10. The fourth-order valence-electron chi connectivity index (χ4n) is 2.26. The van der Waals surface area contributed by atoms with E-state index in [1.165, 1.54) is 4.90 Å². The Hall–Kier alpha value is -2.47. The van der Waals surface area contributed by atoms with Crippen LogP contribution in [-0.4, -0.2) is 43.2 Å². The number of aryl methyl sites for hydroxylation is 1. The average Bonchev–Trinajstić information content (AvgIpc) is 2.64. The number of ether oxygens (including phenoxy) is 1. The molecule has 0 heterocycles. The number of hydrogen-bond donors (Lipinski definition) is 1. The highest BCUT2D eigenvalue weighted by Gasteiger charge is 2.13. The van der Waals surface area contributed by atoms with Crippen LogP contribution in [0.2, 0.25) is 0 Å². The average molecular weight is 372 g/mol. The number of carbonyl (C=O) groups is 2. The number of carbonyl (C=O) groups excluding carboxylic acids is 2. The highest BCUT2D eigenvalue weighted by molar-refractivity contribution is 7.99. The fraction of sp³-hybridized carbons (Fsp3) is 0.300. The molecular formula is C20H24N2O3S. The molecule has 26 heavy (non-hydrogen) atoms. The van der Waals surface area contributed by atoms with Crippen LogP contribution in [0.15, 0.2) is 53.4 Å². The monoisotopic (exact) mass is 372 g/mol. The van der Waals surface area contributed by atoms with E-state index in [-0.39, 0.29) is 18.4 Å². The molecule has 5 nitrogen and oxygen atoms in total. The van der Waals surface area contributed by atoms with Crippen LogP contribution in [0.25, 0.3) is 0 Å². The summed E-state index contributed by atoms with van der Waals surface area (Å²) >= 11 is 1.60. The Balaban J connectivity index is 1.72. The van der Waals surface area contributed by atoms with Crippen molar-refractivity contribution in [3.63, 3.8) is 0 Å². The first-order chi connectivity index (χ1) is 12.5. The Morgan fingerprint density at radius 3 is 2.35 bits per heavy atom. The lowest BCUT2D eigenvalue weighted by Gasteiger charge is -2.17. The highest BCUT2D eigenvalue weighted by Crippen LogP contribution is 2.22. The smallest absolute Gasteiger partial charge is 0.243 e. The van der Waals surface area contributed by atoms with Crippen LogP contribution in [0.3, 0.4) is 0 Å². The minimum atomic E-state index is -0.201. The number of amides is 2. The summed E-state index contributed by atoms with van der Waals surface area (Å²) in [6.07, 6.45) is 0.380. The number of benzene rings is 2. The van der Waals surface area contributed by atoms with Crippen LogP contribution in [0.4, 0.5) is 5.69 Å². The van der Waals surface area contributed by atoms with Crippen LogP contribution in [0, 0.1) is 6.92 Å². The van der Waals surface area contributed by atoms with Crippen LogP contribution in [0.1, 0.15) is 12.0 Å². The van der Waals surface area contributed by atoms with Gasteiger partial charge in [0.2, 0.25) is 11.8 Å². The van der Waals surface area contributed by atoms with Crippen molar-refractivity contribution in [3.05, 3.63) is 54.1 Å². The number of anilines is 1. The summed E-state index contributed by atoms with van der Waals surface area (Å²) in [5.74, 6) is 1.22. The summed E-state index contributed by atoms with van der Waals surface area (Å²) in [4.78, 5) is 26.8. The molecule has 138 valence electrons. The summed E-state index contributed by atoms with van der Waals surface area (Å²) in [6, 6.07) is 15.3. The topological polar surface area (TPSA) is 58.6 Å². The predicted molar refractivity (Wildman–Crippen MR) is 106 cm³/mol. The van der Waals surface area contributed by atoms with Gasteiger partial charge in [0.1, 0.15) is 5.75 Å². The standard InChI is InChI=1S/C20H24N2O3S/c1-15-4-6-16(7-5-15)21-19(23)14-22(2)20(24)12-13-26-18-10-8-17(25-3)9-11-18/h4-11H,12-14H2,1-3H3,(H,21,23). The quantitative estimate of drug-likeness (QED) is 0.720. The van der Waals surface area contributed by atoms with E-state index in [0.717, 1.165) is 21.9 Å². The molecule has 1 N–H and O–H groups in total. The van der Waals surface area contributed by atoms with Crippen molar-refractivity contribution in [2.75, 3.05) is 31.8 Å². The Bertz CT molecular complexity index is 730. The van der Waals surface area contributed by atoms with Gasteiger partial charge < -0.3 is 15.0 Å². The maximum absolute atomic E-state index is 12.2. The number of nitrogens with one attached hydrogen (secondary N) is 1. The number of likely N-dealkylation sites (N-methyl/N-ethyl adjacent to an activating group) is 1. The SMILES string of the molecule is COc1ccc(SCCC(=O)N(C)CC(=O)Nc2ccc(C)cc2)cc1. The van der Waals surface area contributed by atoms with E-state index in [2.05, 4.69) is 5.32 Å². The largest absolute Gasteiger partial charge is 0.497 e. The molecule has 0 aromatic heterocycles. The molecule has 2 rings (SSSR count). The third-order valence-electron chi connectivity index (χ3n) is 3.79. The van der Waals surface area contributed by atoms with Crippen molar-refractivity contribution < 1.29 is 14.3 Å². The Labute approximate surface area is 158 Å². The molecule has 2 amide bonds. The number of rotatable bonds is 8. The van der Waals surface area contributed by atoms with Gasteiger partial charge >= 0.3 is 0 Å². The predicted octanol–water partition coefficient (Wildman–Crippen LogP) is 3.58. The zero-order valence-corrected chi connectivity index (χ0v) is 16.1. The zero-order chi connectivity index (χ0) is 18.9. The molecule has 0 saturated heterocycles. The van der Waals surface area contributed by atoms with E-state index in [9.17, 15) is 9.59 Å². The van der Waals surface area contributed by atoms with Crippen LogP contribution >= 0.6 is 11.8 Å². The lowest BCUT2D eigenvalue weighted by atomic mass is 10.2. The van der Waals surface area contributed by atoms with Gasteiger partial charge in [-0.05, 0) is 43.3 Å². The molecule has 0 atom stereocenters. The summed E-state index contributed by atoms with van der Waals surface area (Å²) in [7, 11) is 3.28. The van der Waals surface area contributed by atoms with Gasteiger partial charge in [-0.1, -0.05) is 17.7 Å². The molecule has 0 aliphatic heterocycles. The van der Waals surface area contributed by atoms with E-state index < -0.39 is 0 Å². The summed E-state index contributed by atoms with van der Waals surface area (Å²) in [6.45, 7) is 2.03. The molecule has 0 unspecified atom stereocenters. The molecule has 0 saturated carbocycles. The second-order valence-electron chi connectivity index (χ2n) is 5.94. The Kier molecular flexibility index (Phi) is 7.53. The first-order valence-electron chi connectivity index (χ1n) is 8.35. The van der Waals surface area contributed by atoms with Gasteiger partial charge in [-0.25, -0.2) is 0 Å². The molecule has 0 bridgehead atoms. The Morgan fingerprint density at radius 2 is 1.73 bits per heavy atom. The minimum absolute atomic E-state index is 0.0416. The van der Waals surface area contributed by atoms with Crippen LogP contribution in [-0.2, 0) is 9.59 Å². The van der Waals surface area contributed by atoms with E-state index in [1.54, 1.807) is 25.9 Å². The van der Waals surface area contributed by atoms with Gasteiger partial charge in [0.25, 0.3) is 0 Å². The first kappa shape index (κ1) is 19.8. The van der Waals surface area contributed by atoms with Gasteiger partial charge in [0.05, 0.1) is 13.7 Å². The number of thioether (sulfide) groups is 1. The summed E-state index contributed by atoms with van der Waals surface area (Å²) in [5.41, 5.74) is 1.86. The maximum atomic E-state index is 12.2. The van der Waals surface area contributed by atoms with Crippen molar-refractivity contribution in [2.45, 2.75) is 18.2 Å². The summed E-state index contributed by atoms with van der Waals surface area (Å²) in [5, 5.41) is 2.80. The lowest BCUT2D eigenvalue weighted by Crippen LogP contribution is -2.35. The zero-order valence-electron chi connectivity index (χ0n) is 15.3. The highest BCUT2D eigenvalue weighted by atomic mass is 32.2. The normalized spacial score (nSPS) is 10.3. The molecule has 2 aromatic carbocycles. The second-order valence-corrected chi connectivity index (χ2v) is 7.11. The van der Waals surface area contributed by atoms with Crippen LogP contribution in [0.5, 0.6) is 5.75 Å². The molecule has 0 spiro atoms. The molecule has 0 radical (unpaired) electrons. The van der Waals surface area contributed by atoms with E-state index in [4.69, 9.17) is 4.74 Å². The van der Waals surface area contributed by atoms with E-state index >= 15 is 0 Å². The molecule has 6 heteroatoms. The second kappa shape index (κ2) is 9.87. The van der Waals surface area contributed by atoms with Gasteiger partial charge in [-0.3, -0.25) is 9.59 Å². The molecule has 0 aliphatic rings. The lowest BCUT2D eigenvalue weighted by molar-refractivity contribution is -0.132. The number of nitrogens with zero attached hydrogens (tertiary/aromatic N) is 1.